The Morgan fingerprint density at radius 1 is 1.59 bits per heavy atom. The highest BCUT2D eigenvalue weighted by Crippen LogP contribution is 2.17. The van der Waals surface area contributed by atoms with Gasteiger partial charge in [0, 0.05) is 19.2 Å². The van der Waals surface area contributed by atoms with Gasteiger partial charge in [0.2, 0.25) is 0 Å². The zero-order valence-electron chi connectivity index (χ0n) is 9.50. The number of carbonyl (C=O) groups excluding carboxylic acids is 1. The van der Waals surface area contributed by atoms with Crippen molar-refractivity contribution < 1.29 is 4.79 Å². The molecule has 0 spiro atoms. The van der Waals surface area contributed by atoms with E-state index in [0.29, 0.717) is 6.42 Å². The molecule has 0 amide bonds. The number of rotatable bonds is 6. The third-order valence-electron chi connectivity index (χ3n) is 2.25. The van der Waals surface area contributed by atoms with E-state index in [1.54, 1.807) is 22.8 Å². The van der Waals surface area contributed by atoms with Gasteiger partial charge in [-0.05, 0) is 17.9 Å². The molecule has 17 heavy (non-hydrogen) atoms. The van der Waals surface area contributed by atoms with Crippen LogP contribution in [0.15, 0.2) is 29.0 Å². The smallest absolute Gasteiger partial charge is 0.185 e. The van der Waals surface area contributed by atoms with Crippen LogP contribution in [0.4, 0.5) is 0 Å². The molecule has 2 aromatic rings. The van der Waals surface area contributed by atoms with Crippen LogP contribution in [0, 0.1) is 0 Å². The fraction of sp³-hybridized carbons (Fsp3) is 0.364. The Bertz CT molecular complexity index is 479. The maximum absolute atomic E-state index is 11.7. The van der Waals surface area contributed by atoms with Crippen molar-refractivity contribution in [3.63, 3.8) is 0 Å². The summed E-state index contributed by atoms with van der Waals surface area (Å²) in [6.45, 7) is 0. The van der Waals surface area contributed by atoms with Gasteiger partial charge in [0.15, 0.2) is 10.9 Å². The molecule has 2 aromatic heterocycles. The van der Waals surface area contributed by atoms with E-state index in [1.807, 2.05) is 24.6 Å². The zero-order valence-corrected chi connectivity index (χ0v) is 11.1. The number of thioether (sulfide) groups is 1. The molecular weight excluding hydrogens is 254 g/mol. The molecule has 6 heteroatoms. The lowest BCUT2D eigenvalue weighted by Crippen LogP contribution is -1.98. The van der Waals surface area contributed by atoms with Gasteiger partial charge < -0.3 is 0 Å². The number of aryl methyl sites for hydroxylation is 1. The van der Waals surface area contributed by atoms with Gasteiger partial charge in [-0.25, -0.2) is 9.67 Å². The zero-order chi connectivity index (χ0) is 12.1. The molecule has 2 rings (SSSR count). The molecule has 0 fully saturated rings. The Morgan fingerprint density at radius 2 is 2.47 bits per heavy atom. The van der Waals surface area contributed by atoms with Crippen LogP contribution in [0.2, 0.25) is 0 Å². The third kappa shape index (κ3) is 3.41. The summed E-state index contributed by atoms with van der Waals surface area (Å²) in [7, 11) is 1.87. The van der Waals surface area contributed by atoms with Gasteiger partial charge in [0.25, 0.3) is 0 Å². The van der Waals surface area contributed by atoms with Crippen molar-refractivity contribution in [3.05, 3.63) is 28.7 Å². The summed E-state index contributed by atoms with van der Waals surface area (Å²) in [5, 5.41) is 6.82. The topological polar surface area (TPSA) is 47.8 Å². The van der Waals surface area contributed by atoms with Crippen LogP contribution in [-0.2, 0) is 7.05 Å². The number of carbonyl (C=O) groups is 1. The van der Waals surface area contributed by atoms with Crippen molar-refractivity contribution in [2.45, 2.75) is 18.0 Å². The average molecular weight is 267 g/mol. The molecule has 90 valence electrons. The lowest BCUT2D eigenvalue weighted by Gasteiger charge is -1.99. The molecular formula is C11H13N3OS2. The molecule has 0 bridgehead atoms. The first kappa shape index (κ1) is 12.3. The fourth-order valence-electron chi connectivity index (χ4n) is 1.37. The fourth-order valence-corrected chi connectivity index (χ4v) is 2.89. The summed E-state index contributed by atoms with van der Waals surface area (Å²) >= 11 is 3.14. The lowest BCUT2D eigenvalue weighted by molar-refractivity contribution is 0.0986. The van der Waals surface area contributed by atoms with Crippen molar-refractivity contribution in [1.29, 1.82) is 0 Å². The van der Waals surface area contributed by atoms with Gasteiger partial charge in [-0.1, -0.05) is 17.8 Å². The van der Waals surface area contributed by atoms with Gasteiger partial charge >= 0.3 is 0 Å². The van der Waals surface area contributed by atoms with Crippen LogP contribution in [0.3, 0.4) is 0 Å². The van der Waals surface area contributed by atoms with Crippen molar-refractivity contribution in [2.24, 2.45) is 7.05 Å². The highest BCUT2D eigenvalue weighted by atomic mass is 32.2. The van der Waals surface area contributed by atoms with E-state index in [0.717, 1.165) is 22.2 Å². The summed E-state index contributed by atoms with van der Waals surface area (Å²) in [4.78, 5) is 16.7. The summed E-state index contributed by atoms with van der Waals surface area (Å²) in [6.07, 6.45) is 3.01. The predicted molar refractivity (Wildman–Crippen MR) is 69.6 cm³/mol. The number of hydrogen-bond donors (Lipinski definition) is 0. The van der Waals surface area contributed by atoms with Crippen LogP contribution in [0.1, 0.15) is 22.5 Å². The average Bonchev–Trinajstić information content (AvgIpc) is 2.96. The number of nitrogens with zero attached hydrogens (tertiary/aromatic N) is 3. The Hall–Kier alpha value is -1.14. The number of ketones is 1. The van der Waals surface area contributed by atoms with Crippen LogP contribution >= 0.6 is 23.1 Å². The highest BCUT2D eigenvalue weighted by molar-refractivity contribution is 7.99. The van der Waals surface area contributed by atoms with E-state index in [1.165, 1.54) is 11.3 Å². The first-order valence-electron chi connectivity index (χ1n) is 5.31. The van der Waals surface area contributed by atoms with Gasteiger partial charge in [-0.15, -0.1) is 11.3 Å². The maximum atomic E-state index is 11.7. The van der Waals surface area contributed by atoms with Crippen LogP contribution in [0.5, 0.6) is 0 Å². The number of aromatic nitrogens is 3. The number of hydrogen-bond acceptors (Lipinski definition) is 5. The molecule has 0 aromatic carbocycles. The molecule has 4 nitrogen and oxygen atoms in total. The van der Waals surface area contributed by atoms with Crippen LogP contribution in [-0.4, -0.2) is 26.3 Å². The van der Waals surface area contributed by atoms with Crippen molar-refractivity contribution in [2.75, 3.05) is 5.75 Å². The van der Waals surface area contributed by atoms with Gasteiger partial charge in [0.1, 0.15) is 6.33 Å². The number of Topliss-reactive ketones (excluding diaryl/α,β-unsaturated/α-hetero) is 1. The highest BCUT2D eigenvalue weighted by Gasteiger charge is 2.07. The summed E-state index contributed by atoms with van der Waals surface area (Å²) < 4.78 is 1.74. The lowest BCUT2D eigenvalue weighted by atomic mass is 10.2. The molecule has 0 aliphatic rings. The Morgan fingerprint density at radius 3 is 3.12 bits per heavy atom. The second-order valence-electron chi connectivity index (χ2n) is 3.52. The van der Waals surface area contributed by atoms with Crippen molar-refractivity contribution in [3.8, 4) is 0 Å². The minimum atomic E-state index is 0.235. The molecule has 0 unspecified atom stereocenters. The van der Waals surface area contributed by atoms with E-state index in [4.69, 9.17) is 0 Å². The normalized spacial score (nSPS) is 10.6. The van der Waals surface area contributed by atoms with Crippen LogP contribution in [0.25, 0.3) is 0 Å². The quantitative estimate of drug-likeness (QED) is 0.458. The first-order chi connectivity index (χ1) is 8.27. The number of thiophene rings is 1. The van der Waals surface area contributed by atoms with E-state index >= 15 is 0 Å². The maximum Gasteiger partial charge on any atom is 0.185 e. The molecule has 2 heterocycles. The second kappa shape index (κ2) is 5.97. The van der Waals surface area contributed by atoms with Gasteiger partial charge in [-0.2, -0.15) is 5.10 Å². The predicted octanol–water partition coefficient (Wildman–Crippen LogP) is 2.63. The Labute approximate surface area is 108 Å². The molecule has 0 aliphatic heterocycles. The molecule has 0 saturated heterocycles. The van der Waals surface area contributed by atoms with Crippen molar-refractivity contribution in [1.82, 2.24) is 14.8 Å². The third-order valence-corrected chi connectivity index (χ3v) is 4.28. The van der Waals surface area contributed by atoms with E-state index in [2.05, 4.69) is 10.1 Å². The minimum absolute atomic E-state index is 0.235. The molecule has 0 aliphatic carbocycles. The van der Waals surface area contributed by atoms with Gasteiger partial charge in [-0.3, -0.25) is 4.79 Å². The van der Waals surface area contributed by atoms with E-state index < -0.39 is 0 Å². The minimum Gasteiger partial charge on any atom is -0.293 e. The standard InChI is InChI=1S/C11H13N3OS2/c1-14-11(12-8-13-14)17-7-2-4-9(15)10-5-3-6-16-10/h3,5-6,8H,2,4,7H2,1H3. The molecule has 0 atom stereocenters. The molecule has 0 radical (unpaired) electrons. The largest absolute Gasteiger partial charge is 0.293 e. The SMILES string of the molecule is Cn1ncnc1SCCCC(=O)c1cccs1. The summed E-state index contributed by atoms with van der Waals surface area (Å²) in [5.74, 6) is 1.13. The first-order valence-corrected chi connectivity index (χ1v) is 7.17. The van der Waals surface area contributed by atoms with Crippen LogP contribution < -0.4 is 0 Å². The summed E-state index contributed by atoms with van der Waals surface area (Å²) in [5.41, 5.74) is 0. The summed E-state index contributed by atoms with van der Waals surface area (Å²) in [6, 6.07) is 3.79. The molecule has 0 saturated carbocycles. The Balaban J connectivity index is 1.70. The monoisotopic (exact) mass is 267 g/mol. The Kier molecular flexibility index (Phi) is 4.33. The van der Waals surface area contributed by atoms with Gasteiger partial charge in [0.05, 0.1) is 4.88 Å². The van der Waals surface area contributed by atoms with E-state index in [-0.39, 0.29) is 5.78 Å². The molecule has 0 N–H and O–H groups in total. The van der Waals surface area contributed by atoms with E-state index in [9.17, 15) is 4.79 Å². The van der Waals surface area contributed by atoms with Crippen molar-refractivity contribution >= 4 is 28.9 Å². The second-order valence-corrected chi connectivity index (χ2v) is 5.53.